The summed E-state index contributed by atoms with van der Waals surface area (Å²) in [6.45, 7) is 0.589. The summed E-state index contributed by atoms with van der Waals surface area (Å²) in [6.07, 6.45) is 8.41. The lowest BCUT2D eigenvalue weighted by Crippen LogP contribution is -2.48. The van der Waals surface area contributed by atoms with Crippen LogP contribution in [0.4, 0.5) is 9.59 Å². The lowest BCUT2D eigenvalue weighted by Gasteiger charge is -2.36. The maximum absolute atomic E-state index is 11.5. The van der Waals surface area contributed by atoms with Crippen LogP contribution in [0.25, 0.3) is 0 Å². The van der Waals surface area contributed by atoms with Crippen molar-refractivity contribution in [3.8, 4) is 0 Å². The quantitative estimate of drug-likeness (QED) is 0.812. The average molecular weight is 312 g/mol. The van der Waals surface area contributed by atoms with Crippen molar-refractivity contribution in [2.45, 2.75) is 76.3 Å². The van der Waals surface area contributed by atoms with Crippen LogP contribution in [0.15, 0.2) is 0 Å². The Bertz CT molecular complexity index is 340. The van der Waals surface area contributed by atoms with Crippen molar-refractivity contribution in [1.82, 2.24) is 9.80 Å². The zero-order valence-electron chi connectivity index (χ0n) is 13.2. The van der Waals surface area contributed by atoms with Gasteiger partial charge in [-0.3, -0.25) is 0 Å². The molecule has 2 aliphatic carbocycles. The van der Waals surface area contributed by atoms with Crippen LogP contribution in [0, 0.1) is 0 Å². The third-order valence-electron chi connectivity index (χ3n) is 5.10. The normalized spacial score (nSPS) is 20.5. The molecule has 0 radical (unpaired) electrons. The standard InChI is InChI=1S/C16H28N2O4/c19-15(20)17(13-7-3-1-4-8-13)11-12-18(16(21)22)14-9-5-2-6-10-14/h13-14H,1-12H2,(H,19,20)(H,21,22). The van der Waals surface area contributed by atoms with Crippen molar-refractivity contribution in [3.05, 3.63) is 0 Å². The van der Waals surface area contributed by atoms with Crippen LogP contribution in [0.2, 0.25) is 0 Å². The zero-order chi connectivity index (χ0) is 15.9. The summed E-state index contributed by atoms with van der Waals surface area (Å²) in [6, 6.07) is 0.126. The molecule has 126 valence electrons. The highest BCUT2D eigenvalue weighted by Crippen LogP contribution is 2.25. The first-order valence-electron chi connectivity index (χ1n) is 8.58. The molecule has 6 heteroatoms. The first kappa shape index (κ1) is 16.9. The van der Waals surface area contributed by atoms with Crippen LogP contribution < -0.4 is 0 Å². The number of hydrogen-bond donors (Lipinski definition) is 2. The Morgan fingerprint density at radius 3 is 1.27 bits per heavy atom. The molecule has 2 fully saturated rings. The Morgan fingerprint density at radius 1 is 0.682 bits per heavy atom. The predicted octanol–water partition coefficient (Wildman–Crippen LogP) is 3.61. The van der Waals surface area contributed by atoms with Crippen LogP contribution in [-0.4, -0.2) is 57.4 Å². The molecule has 22 heavy (non-hydrogen) atoms. The lowest BCUT2D eigenvalue weighted by molar-refractivity contribution is 0.0812. The van der Waals surface area contributed by atoms with E-state index in [0.29, 0.717) is 13.1 Å². The van der Waals surface area contributed by atoms with Crippen LogP contribution in [-0.2, 0) is 0 Å². The molecule has 6 nitrogen and oxygen atoms in total. The van der Waals surface area contributed by atoms with E-state index in [1.54, 1.807) is 0 Å². The van der Waals surface area contributed by atoms with E-state index in [0.717, 1.165) is 51.4 Å². The van der Waals surface area contributed by atoms with Gasteiger partial charge in [-0.05, 0) is 25.7 Å². The molecule has 0 aromatic heterocycles. The molecule has 0 aromatic rings. The number of rotatable bonds is 5. The molecule has 0 saturated heterocycles. The minimum Gasteiger partial charge on any atom is -0.465 e. The minimum absolute atomic E-state index is 0.0632. The summed E-state index contributed by atoms with van der Waals surface area (Å²) in [7, 11) is 0. The molecule has 2 aliphatic rings. The van der Waals surface area contributed by atoms with E-state index in [1.807, 2.05) is 0 Å². The second-order valence-electron chi connectivity index (χ2n) is 6.54. The third-order valence-corrected chi connectivity index (χ3v) is 5.10. The summed E-state index contributed by atoms with van der Waals surface area (Å²) < 4.78 is 0. The van der Waals surface area contributed by atoms with Gasteiger partial charge in [0.15, 0.2) is 0 Å². The van der Waals surface area contributed by atoms with Gasteiger partial charge < -0.3 is 20.0 Å². The van der Waals surface area contributed by atoms with Gasteiger partial charge in [-0.2, -0.15) is 0 Å². The third kappa shape index (κ3) is 4.52. The summed E-state index contributed by atoms with van der Waals surface area (Å²) in [4.78, 5) is 26.0. The van der Waals surface area contributed by atoms with Gasteiger partial charge in [0, 0.05) is 25.2 Å². The van der Waals surface area contributed by atoms with Crippen LogP contribution in [0.5, 0.6) is 0 Å². The van der Waals surface area contributed by atoms with Crippen LogP contribution in [0.3, 0.4) is 0 Å². The Morgan fingerprint density at radius 2 is 1.00 bits per heavy atom. The van der Waals surface area contributed by atoms with E-state index in [4.69, 9.17) is 0 Å². The zero-order valence-corrected chi connectivity index (χ0v) is 13.2. The number of nitrogens with zero attached hydrogens (tertiary/aromatic N) is 2. The van der Waals surface area contributed by atoms with E-state index in [9.17, 15) is 19.8 Å². The fourth-order valence-corrected chi connectivity index (χ4v) is 3.87. The molecule has 0 spiro atoms. The van der Waals surface area contributed by atoms with Crippen LogP contribution in [0.1, 0.15) is 64.2 Å². The fraction of sp³-hybridized carbons (Fsp3) is 0.875. The molecule has 0 unspecified atom stereocenters. The van der Waals surface area contributed by atoms with Gasteiger partial charge in [-0.1, -0.05) is 38.5 Å². The smallest absolute Gasteiger partial charge is 0.407 e. The molecular formula is C16H28N2O4. The predicted molar refractivity (Wildman–Crippen MR) is 83.2 cm³/mol. The number of amides is 2. The minimum atomic E-state index is -0.916. The monoisotopic (exact) mass is 312 g/mol. The molecule has 2 N–H and O–H groups in total. The Balaban J connectivity index is 1.92. The first-order chi connectivity index (χ1) is 10.6. The molecule has 2 rings (SSSR count). The summed E-state index contributed by atoms with van der Waals surface area (Å²) in [5.74, 6) is 0. The maximum atomic E-state index is 11.5. The van der Waals surface area contributed by atoms with E-state index in [-0.39, 0.29) is 12.1 Å². The van der Waals surface area contributed by atoms with Crippen molar-refractivity contribution in [1.29, 1.82) is 0 Å². The van der Waals surface area contributed by atoms with Gasteiger partial charge in [0.1, 0.15) is 0 Å². The molecule has 0 atom stereocenters. The first-order valence-corrected chi connectivity index (χ1v) is 8.58. The van der Waals surface area contributed by atoms with Gasteiger partial charge in [0.2, 0.25) is 0 Å². The van der Waals surface area contributed by atoms with Gasteiger partial charge in [0.25, 0.3) is 0 Å². The van der Waals surface area contributed by atoms with Gasteiger partial charge in [0.05, 0.1) is 0 Å². The molecular weight excluding hydrogens is 284 g/mol. The number of hydrogen-bond acceptors (Lipinski definition) is 2. The fourth-order valence-electron chi connectivity index (χ4n) is 3.87. The Hall–Kier alpha value is -1.46. The van der Waals surface area contributed by atoms with E-state index in [1.165, 1.54) is 22.6 Å². The molecule has 2 saturated carbocycles. The summed E-state index contributed by atoms with van der Waals surface area (Å²) >= 11 is 0. The molecule has 0 bridgehead atoms. The Kier molecular flexibility index (Phi) is 6.34. The van der Waals surface area contributed by atoms with Crippen molar-refractivity contribution >= 4 is 12.2 Å². The molecule has 0 aliphatic heterocycles. The van der Waals surface area contributed by atoms with Crippen molar-refractivity contribution in [3.63, 3.8) is 0 Å². The summed E-state index contributed by atoms with van der Waals surface area (Å²) in [5.41, 5.74) is 0. The largest absolute Gasteiger partial charge is 0.465 e. The van der Waals surface area contributed by atoms with E-state index < -0.39 is 12.2 Å². The topological polar surface area (TPSA) is 81.1 Å². The Labute approximate surface area is 132 Å². The SMILES string of the molecule is O=C(O)N(CCN(C(=O)O)C1CCCCC1)C1CCCCC1. The number of carboxylic acid groups (broad SMARTS) is 2. The maximum Gasteiger partial charge on any atom is 0.407 e. The second kappa shape index (κ2) is 8.25. The van der Waals surface area contributed by atoms with Crippen molar-refractivity contribution in [2.75, 3.05) is 13.1 Å². The molecule has 0 aromatic carbocycles. The number of carbonyl (C=O) groups is 2. The highest BCUT2D eigenvalue weighted by molar-refractivity contribution is 5.67. The summed E-state index contributed by atoms with van der Waals surface area (Å²) in [5, 5.41) is 18.9. The molecule has 2 amide bonds. The lowest BCUT2D eigenvalue weighted by atomic mass is 9.93. The highest BCUT2D eigenvalue weighted by atomic mass is 16.4. The van der Waals surface area contributed by atoms with Crippen molar-refractivity contribution < 1.29 is 19.8 Å². The van der Waals surface area contributed by atoms with Gasteiger partial charge in [-0.25, -0.2) is 9.59 Å². The van der Waals surface area contributed by atoms with E-state index >= 15 is 0 Å². The molecule has 0 heterocycles. The average Bonchev–Trinajstić information content (AvgIpc) is 2.52. The van der Waals surface area contributed by atoms with Gasteiger partial charge >= 0.3 is 12.2 Å². The van der Waals surface area contributed by atoms with E-state index in [2.05, 4.69) is 0 Å². The van der Waals surface area contributed by atoms with Gasteiger partial charge in [-0.15, -0.1) is 0 Å². The highest BCUT2D eigenvalue weighted by Gasteiger charge is 2.29. The van der Waals surface area contributed by atoms with Crippen LogP contribution >= 0.6 is 0 Å². The van der Waals surface area contributed by atoms with Crippen molar-refractivity contribution in [2.24, 2.45) is 0 Å². The second-order valence-corrected chi connectivity index (χ2v) is 6.54.